The average Bonchev–Trinajstić information content (AvgIpc) is 2.54. The maximum atomic E-state index is 12.9. The fraction of sp³-hybridized carbons (Fsp3) is 0.188. The molecule has 0 bridgehead atoms. The summed E-state index contributed by atoms with van der Waals surface area (Å²) < 4.78 is 23.2. The molecule has 8 heteroatoms. The van der Waals surface area contributed by atoms with Crippen molar-refractivity contribution in [3.05, 3.63) is 69.0 Å². The number of nitro groups is 1. The lowest BCUT2D eigenvalue weighted by molar-refractivity contribution is -0.385. The number of carbonyl (C=O) groups excluding carboxylic acids is 1. The molecule has 0 amide bonds. The molecule has 126 valence electrons. The third-order valence-electron chi connectivity index (χ3n) is 3.10. The molecule has 6 nitrogen and oxygen atoms in total. The second-order valence-electron chi connectivity index (χ2n) is 4.85. The van der Waals surface area contributed by atoms with Crippen molar-refractivity contribution < 1.29 is 23.6 Å². The second kappa shape index (κ2) is 7.74. The normalized spacial score (nSPS) is 11.6. The number of hydrogen-bond acceptors (Lipinski definition) is 5. The molecule has 0 saturated heterocycles. The zero-order valence-electron chi connectivity index (χ0n) is 12.6. The van der Waals surface area contributed by atoms with E-state index in [1.54, 1.807) is 13.0 Å². The van der Waals surface area contributed by atoms with Crippen LogP contribution < -0.4 is 4.74 Å². The Morgan fingerprint density at radius 2 is 2.08 bits per heavy atom. The molecule has 0 heterocycles. The number of hydrogen-bond donors (Lipinski definition) is 0. The van der Waals surface area contributed by atoms with Crippen LogP contribution in [0.4, 0.5) is 10.1 Å². The SMILES string of the molecule is C[C@@H](OC(=O)COc1ccc(F)cc1Cl)c1cccc([N+](=O)[O-])c1. The van der Waals surface area contributed by atoms with Crippen LogP contribution in [0.25, 0.3) is 0 Å². The molecule has 24 heavy (non-hydrogen) atoms. The average molecular weight is 354 g/mol. The lowest BCUT2D eigenvalue weighted by atomic mass is 10.1. The summed E-state index contributed by atoms with van der Waals surface area (Å²) in [4.78, 5) is 22.0. The van der Waals surface area contributed by atoms with Gasteiger partial charge < -0.3 is 9.47 Å². The number of halogens is 2. The highest BCUT2D eigenvalue weighted by Crippen LogP contribution is 2.25. The van der Waals surface area contributed by atoms with Gasteiger partial charge in [-0.3, -0.25) is 10.1 Å². The monoisotopic (exact) mass is 353 g/mol. The van der Waals surface area contributed by atoms with Crippen molar-refractivity contribution in [1.82, 2.24) is 0 Å². The fourth-order valence-corrected chi connectivity index (χ4v) is 2.14. The third-order valence-corrected chi connectivity index (χ3v) is 3.39. The lowest BCUT2D eigenvalue weighted by Gasteiger charge is -2.14. The quantitative estimate of drug-likeness (QED) is 0.444. The Morgan fingerprint density at radius 1 is 1.33 bits per heavy atom. The van der Waals surface area contributed by atoms with Crippen LogP contribution in [-0.2, 0) is 9.53 Å². The van der Waals surface area contributed by atoms with Gasteiger partial charge in [0.05, 0.1) is 9.95 Å². The molecule has 0 radical (unpaired) electrons. The Hall–Kier alpha value is -2.67. The highest BCUT2D eigenvalue weighted by Gasteiger charge is 2.16. The molecule has 0 fully saturated rings. The molecule has 2 aromatic carbocycles. The Kier molecular flexibility index (Phi) is 5.70. The first kappa shape index (κ1) is 17.7. The second-order valence-corrected chi connectivity index (χ2v) is 5.25. The minimum atomic E-state index is -0.690. The van der Waals surface area contributed by atoms with Crippen molar-refractivity contribution in [2.45, 2.75) is 13.0 Å². The minimum Gasteiger partial charge on any atom is -0.480 e. The Bertz CT molecular complexity index is 768. The summed E-state index contributed by atoms with van der Waals surface area (Å²) in [5, 5.41) is 10.8. The Morgan fingerprint density at radius 3 is 2.75 bits per heavy atom. The predicted molar refractivity (Wildman–Crippen MR) is 84.5 cm³/mol. The van der Waals surface area contributed by atoms with Crippen LogP contribution >= 0.6 is 11.6 Å². The van der Waals surface area contributed by atoms with Crippen molar-refractivity contribution in [2.75, 3.05) is 6.61 Å². The first-order valence-electron chi connectivity index (χ1n) is 6.88. The summed E-state index contributed by atoms with van der Waals surface area (Å²) in [5.74, 6) is -1.05. The number of carbonyl (C=O) groups is 1. The molecule has 0 aliphatic rings. The van der Waals surface area contributed by atoms with E-state index in [0.717, 1.165) is 12.1 Å². The number of esters is 1. The first-order chi connectivity index (χ1) is 11.4. The van der Waals surface area contributed by atoms with Crippen LogP contribution in [0.5, 0.6) is 5.75 Å². The van der Waals surface area contributed by atoms with Gasteiger partial charge in [-0.05, 0) is 30.7 Å². The Labute approximate surface area is 141 Å². The minimum absolute atomic E-state index is 0.0366. The van der Waals surface area contributed by atoms with E-state index in [2.05, 4.69) is 0 Å². The maximum absolute atomic E-state index is 12.9. The molecule has 0 N–H and O–H groups in total. The Balaban J connectivity index is 1.94. The van der Waals surface area contributed by atoms with E-state index in [9.17, 15) is 19.3 Å². The zero-order chi connectivity index (χ0) is 17.7. The molecule has 0 aromatic heterocycles. The molecular formula is C16H13ClFNO5. The number of rotatable bonds is 6. The van der Waals surface area contributed by atoms with Crippen LogP contribution in [0.3, 0.4) is 0 Å². The van der Waals surface area contributed by atoms with E-state index < -0.39 is 29.4 Å². The number of nitrogens with zero attached hydrogens (tertiary/aromatic N) is 1. The number of nitro benzene ring substituents is 1. The highest BCUT2D eigenvalue weighted by atomic mass is 35.5. The molecule has 1 atom stereocenters. The van der Waals surface area contributed by atoms with E-state index in [0.29, 0.717) is 5.56 Å². The number of ether oxygens (including phenoxy) is 2. The number of benzene rings is 2. The molecular weight excluding hydrogens is 341 g/mol. The summed E-state index contributed by atoms with van der Waals surface area (Å²) in [6, 6.07) is 9.31. The van der Waals surface area contributed by atoms with Crippen LogP contribution in [0.2, 0.25) is 5.02 Å². The first-order valence-corrected chi connectivity index (χ1v) is 7.26. The van der Waals surface area contributed by atoms with Gasteiger partial charge in [0.15, 0.2) is 6.61 Å². The van der Waals surface area contributed by atoms with Crippen LogP contribution in [0.15, 0.2) is 42.5 Å². The standard InChI is InChI=1S/C16H13ClFNO5/c1-10(11-3-2-4-13(7-11)19(21)22)24-16(20)9-23-15-6-5-12(18)8-14(15)17/h2-8,10H,9H2,1H3/t10-/m1/s1. The molecule has 2 rings (SSSR count). The van der Waals surface area contributed by atoms with E-state index >= 15 is 0 Å². The van der Waals surface area contributed by atoms with Gasteiger partial charge >= 0.3 is 5.97 Å². The van der Waals surface area contributed by atoms with Gasteiger partial charge in [-0.25, -0.2) is 9.18 Å². The van der Waals surface area contributed by atoms with Crippen molar-refractivity contribution in [2.24, 2.45) is 0 Å². The van der Waals surface area contributed by atoms with Gasteiger partial charge in [0.25, 0.3) is 5.69 Å². The molecule has 0 aliphatic carbocycles. The summed E-state index contributed by atoms with van der Waals surface area (Å²) in [7, 11) is 0. The summed E-state index contributed by atoms with van der Waals surface area (Å²) >= 11 is 5.78. The molecule has 0 saturated carbocycles. The summed E-state index contributed by atoms with van der Waals surface area (Å²) in [6.45, 7) is 1.16. The smallest absolute Gasteiger partial charge is 0.344 e. The van der Waals surface area contributed by atoms with Crippen molar-refractivity contribution in [3.63, 3.8) is 0 Å². The van der Waals surface area contributed by atoms with Crippen molar-refractivity contribution in [1.29, 1.82) is 0 Å². The predicted octanol–water partition coefficient (Wildman–Crippen LogP) is 4.07. The van der Waals surface area contributed by atoms with Crippen molar-refractivity contribution in [3.8, 4) is 5.75 Å². The van der Waals surface area contributed by atoms with Crippen LogP contribution in [0.1, 0.15) is 18.6 Å². The molecule has 2 aromatic rings. The topological polar surface area (TPSA) is 78.7 Å². The van der Waals surface area contributed by atoms with Crippen molar-refractivity contribution >= 4 is 23.3 Å². The molecule has 0 unspecified atom stereocenters. The zero-order valence-corrected chi connectivity index (χ0v) is 13.3. The van der Waals surface area contributed by atoms with E-state index in [4.69, 9.17) is 21.1 Å². The number of non-ortho nitro benzene ring substituents is 1. The van der Waals surface area contributed by atoms with E-state index in [-0.39, 0.29) is 16.5 Å². The van der Waals surface area contributed by atoms with E-state index in [1.165, 1.54) is 24.3 Å². The van der Waals surface area contributed by atoms with Gasteiger partial charge in [-0.15, -0.1) is 0 Å². The molecule has 0 spiro atoms. The van der Waals surface area contributed by atoms with Gasteiger partial charge in [-0.1, -0.05) is 23.7 Å². The van der Waals surface area contributed by atoms with Gasteiger partial charge in [0.1, 0.15) is 17.7 Å². The van der Waals surface area contributed by atoms with Crippen LogP contribution in [0, 0.1) is 15.9 Å². The lowest BCUT2D eigenvalue weighted by Crippen LogP contribution is -2.17. The van der Waals surface area contributed by atoms with Gasteiger partial charge in [0, 0.05) is 12.1 Å². The molecule has 0 aliphatic heterocycles. The largest absolute Gasteiger partial charge is 0.480 e. The maximum Gasteiger partial charge on any atom is 0.344 e. The van der Waals surface area contributed by atoms with Gasteiger partial charge in [0.2, 0.25) is 0 Å². The third kappa shape index (κ3) is 4.66. The van der Waals surface area contributed by atoms with E-state index in [1.807, 2.05) is 0 Å². The summed E-state index contributed by atoms with van der Waals surface area (Å²) in [5.41, 5.74) is 0.391. The highest BCUT2D eigenvalue weighted by molar-refractivity contribution is 6.32. The fourth-order valence-electron chi connectivity index (χ4n) is 1.92. The summed E-state index contributed by atoms with van der Waals surface area (Å²) in [6.07, 6.45) is -0.690. The van der Waals surface area contributed by atoms with Gasteiger partial charge in [-0.2, -0.15) is 0 Å². The van der Waals surface area contributed by atoms with Crippen LogP contribution in [-0.4, -0.2) is 17.5 Å².